The molecule has 6 nitrogen and oxygen atoms in total. The van der Waals surface area contributed by atoms with Crippen LogP contribution in [0.15, 0.2) is 75.1 Å². The van der Waals surface area contributed by atoms with E-state index < -0.39 is 0 Å². The maximum atomic E-state index is 11.3. The van der Waals surface area contributed by atoms with Crippen molar-refractivity contribution < 1.29 is 9.59 Å². The Morgan fingerprint density at radius 3 is 2.81 bits per heavy atom. The average molecular weight is 395 g/mol. The second-order valence-corrected chi connectivity index (χ2v) is 7.04. The van der Waals surface area contributed by atoms with Gasteiger partial charge >= 0.3 is 0 Å². The third-order valence-electron chi connectivity index (χ3n) is 3.90. The molecule has 0 aliphatic carbocycles. The fourth-order valence-corrected chi connectivity index (χ4v) is 3.63. The number of allylic oxidation sites excluding steroid dienone is 3. The van der Waals surface area contributed by atoms with E-state index >= 15 is 0 Å². The molecule has 4 rings (SSSR count). The predicted molar refractivity (Wildman–Crippen MR) is 108 cm³/mol. The normalized spacial score (nSPS) is 17.4. The molecule has 0 unspecified atom stereocenters. The van der Waals surface area contributed by atoms with Crippen molar-refractivity contribution in [1.29, 1.82) is 0 Å². The lowest BCUT2D eigenvalue weighted by molar-refractivity contribution is 0.560. The largest absolute Gasteiger partial charge is 0.325 e. The van der Waals surface area contributed by atoms with Gasteiger partial charge in [0.25, 0.3) is 0 Å². The molecule has 0 saturated carbocycles. The molecule has 0 amide bonds. The van der Waals surface area contributed by atoms with Gasteiger partial charge in [0, 0.05) is 17.5 Å². The summed E-state index contributed by atoms with van der Waals surface area (Å²) >= 11 is 7.35. The molecule has 1 N–H and O–H groups in total. The number of benzene rings is 1. The van der Waals surface area contributed by atoms with Gasteiger partial charge in [-0.05, 0) is 30.4 Å². The summed E-state index contributed by atoms with van der Waals surface area (Å²) in [6, 6.07) is 7.35. The van der Waals surface area contributed by atoms with Crippen LogP contribution >= 0.6 is 23.4 Å². The van der Waals surface area contributed by atoms with E-state index in [0.29, 0.717) is 50.1 Å². The molecule has 3 heterocycles. The first-order valence-corrected chi connectivity index (χ1v) is 9.26. The van der Waals surface area contributed by atoms with Gasteiger partial charge in [0.2, 0.25) is 0 Å². The highest BCUT2D eigenvalue weighted by atomic mass is 35.5. The van der Waals surface area contributed by atoms with Crippen LogP contribution in [0.4, 0.5) is 5.69 Å². The van der Waals surface area contributed by atoms with Crippen LogP contribution in [0.2, 0.25) is 0 Å². The molecule has 0 aromatic heterocycles. The SMILES string of the molecule is O=C=C1NC(SCC2=CC(=C=O)N3C=C(Cl)C=CC3=N2)=Nc2ccccc21. The van der Waals surface area contributed by atoms with Crippen LogP contribution in [0.25, 0.3) is 5.70 Å². The Kier molecular flexibility index (Phi) is 4.67. The fourth-order valence-electron chi connectivity index (χ4n) is 2.70. The monoisotopic (exact) mass is 394 g/mol. The Balaban J connectivity index is 1.56. The summed E-state index contributed by atoms with van der Waals surface area (Å²) in [6.07, 6.45) is 6.71. The Morgan fingerprint density at radius 2 is 2.00 bits per heavy atom. The number of amidine groups is 2. The van der Waals surface area contributed by atoms with E-state index in [4.69, 9.17) is 11.6 Å². The molecule has 27 heavy (non-hydrogen) atoms. The molecular formula is C19H11ClN4O2S. The number of carbonyl (C=O) groups excluding carboxylic acids is 2. The van der Waals surface area contributed by atoms with Gasteiger partial charge in [-0.1, -0.05) is 35.5 Å². The van der Waals surface area contributed by atoms with Crippen molar-refractivity contribution in [2.75, 3.05) is 5.75 Å². The summed E-state index contributed by atoms with van der Waals surface area (Å²) in [5.41, 5.74) is 2.78. The number of nitrogens with one attached hydrogen (secondary N) is 1. The maximum absolute atomic E-state index is 11.3. The van der Waals surface area contributed by atoms with Gasteiger partial charge in [0.15, 0.2) is 17.1 Å². The number of hydrogen-bond donors (Lipinski definition) is 1. The highest BCUT2D eigenvalue weighted by molar-refractivity contribution is 8.14. The van der Waals surface area contributed by atoms with Gasteiger partial charge < -0.3 is 5.32 Å². The second-order valence-electron chi connectivity index (χ2n) is 5.64. The van der Waals surface area contributed by atoms with Gasteiger partial charge in [0.05, 0.1) is 16.4 Å². The molecule has 132 valence electrons. The zero-order valence-electron chi connectivity index (χ0n) is 13.8. The lowest BCUT2D eigenvalue weighted by Crippen LogP contribution is -2.28. The highest BCUT2D eigenvalue weighted by Crippen LogP contribution is 2.30. The van der Waals surface area contributed by atoms with Gasteiger partial charge in [-0.3, -0.25) is 4.90 Å². The zero-order chi connectivity index (χ0) is 18.8. The average Bonchev–Trinajstić information content (AvgIpc) is 2.71. The summed E-state index contributed by atoms with van der Waals surface area (Å²) < 4.78 is 0. The molecule has 0 saturated heterocycles. The van der Waals surface area contributed by atoms with E-state index in [0.717, 1.165) is 0 Å². The number of hydrogen-bond acceptors (Lipinski definition) is 7. The van der Waals surface area contributed by atoms with Crippen molar-refractivity contribution in [3.63, 3.8) is 0 Å². The quantitative estimate of drug-likeness (QED) is 0.780. The van der Waals surface area contributed by atoms with Crippen LogP contribution in [-0.2, 0) is 9.59 Å². The lowest BCUT2D eigenvalue weighted by atomic mass is 10.1. The number of fused-ring (bicyclic) bond motifs is 2. The zero-order valence-corrected chi connectivity index (χ0v) is 15.3. The molecular weight excluding hydrogens is 384 g/mol. The lowest BCUT2D eigenvalue weighted by Gasteiger charge is -2.26. The molecule has 1 aromatic carbocycles. The Hall–Kier alpha value is -3.08. The van der Waals surface area contributed by atoms with Crippen molar-refractivity contribution in [3.05, 3.63) is 70.7 Å². The van der Waals surface area contributed by atoms with E-state index in [1.165, 1.54) is 11.8 Å². The molecule has 0 atom stereocenters. The molecule has 0 radical (unpaired) electrons. The van der Waals surface area contributed by atoms with Crippen LogP contribution in [0.3, 0.4) is 0 Å². The maximum Gasteiger partial charge on any atom is 0.167 e. The van der Waals surface area contributed by atoms with E-state index in [9.17, 15) is 9.59 Å². The molecule has 3 aliphatic heterocycles. The van der Waals surface area contributed by atoms with E-state index in [-0.39, 0.29) is 0 Å². The third-order valence-corrected chi connectivity index (χ3v) is 5.03. The number of thioether (sulfide) groups is 1. The topological polar surface area (TPSA) is 74.1 Å². The van der Waals surface area contributed by atoms with E-state index in [1.54, 1.807) is 29.3 Å². The van der Waals surface area contributed by atoms with Gasteiger partial charge in [-0.25, -0.2) is 19.6 Å². The minimum atomic E-state index is 0.329. The molecule has 3 aliphatic rings. The molecule has 0 spiro atoms. The van der Waals surface area contributed by atoms with Gasteiger partial charge in [0.1, 0.15) is 17.2 Å². The number of nitrogens with zero attached hydrogens (tertiary/aromatic N) is 3. The Morgan fingerprint density at radius 1 is 1.15 bits per heavy atom. The second kappa shape index (κ2) is 7.27. The van der Waals surface area contributed by atoms with Crippen LogP contribution in [-0.4, -0.2) is 33.5 Å². The number of rotatable bonds is 2. The number of halogens is 1. The summed E-state index contributed by atoms with van der Waals surface area (Å²) in [6.45, 7) is 0. The predicted octanol–water partition coefficient (Wildman–Crippen LogP) is 3.15. The van der Waals surface area contributed by atoms with Crippen LogP contribution < -0.4 is 5.32 Å². The summed E-state index contributed by atoms with van der Waals surface area (Å²) in [7, 11) is 0. The van der Waals surface area contributed by atoms with E-state index in [2.05, 4.69) is 15.3 Å². The smallest absolute Gasteiger partial charge is 0.167 e. The van der Waals surface area contributed by atoms with Crippen molar-refractivity contribution >= 4 is 57.6 Å². The summed E-state index contributed by atoms with van der Waals surface area (Å²) in [4.78, 5) is 33.2. The third kappa shape index (κ3) is 3.45. The Labute approximate surface area is 164 Å². The molecule has 8 heteroatoms. The fraction of sp³-hybridized carbons (Fsp3) is 0.0526. The van der Waals surface area contributed by atoms with Crippen molar-refractivity contribution in [2.45, 2.75) is 0 Å². The first-order chi connectivity index (χ1) is 13.2. The van der Waals surface area contributed by atoms with Crippen molar-refractivity contribution in [3.8, 4) is 0 Å². The van der Waals surface area contributed by atoms with Crippen LogP contribution in [0, 0.1) is 0 Å². The Bertz CT molecular complexity index is 1090. The minimum Gasteiger partial charge on any atom is -0.325 e. The highest BCUT2D eigenvalue weighted by Gasteiger charge is 2.22. The number of para-hydroxylation sites is 1. The standard InChI is InChI=1S/C19H11ClN4O2S/c20-12-5-6-18-21-13(7-14(9-25)24(18)8-12)11-27-19-22-16-4-2-1-3-15(16)17(10-26)23-19/h1-8H,11H2,(H,22,23). The first-order valence-electron chi connectivity index (χ1n) is 7.90. The van der Waals surface area contributed by atoms with Gasteiger partial charge in [-0.15, -0.1) is 0 Å². The number of aliphatic imine (C=N–C) groups is 2. The van der Waals surface area contributed by atoms with Crippen LogP contribution in [0.1, 0.15) is 5.56 Å². The molecule has 0 fully saturated rings. The summed E-state index contributed by atoms with van der Waals surface area (Å²) in [5.74, 6) is 4.87. The van der Waals surface area contributed by atoms with E-state index in [1.807, 2.05) is 36.1 Å². The van der Waals surface area contributed by atoms with Gasteiger partial charge in [-0.2, -0.15) is 0 Å². The van der Waals surface area contributed by atoms with Crippen molar-refractivity contribution in [1.82, 2.24) is 10.2 Å². The minimum absolute atomic E-state index is 0.329. The molecule has 1 aromatic rings. The van der Waals surface area contributed by atoms with Crippen molar-refractivity contribution in [2.24, 2.45) is 9.98 Å². The summed E-state index contributed by atoms with van der Waals surface area (Å²) in [5, 5.41) is 4.05. The molecule has 0 bridgehead atoms. The first kappa shape index (κ1) is 17.3. The van der Waals surface area contributed by atoms with Crippen LogP contribution in [0.5, 0.6) is 0 Å².